The van der Waals surface area contributed by atoms with Gasteiger partial charge < -0.3 is 10.1 Å². The van der Waals surface area contributed by atoms with Crippen molar-refractivity contribution in [1.82, 2.24) is 9.97 Å². The van der Waals surface area contributed by atoms with Crippen molar-refractivity contribution in [3.63, 3.8) is 0 Å². The predicted octanol–water partition coefficient (Wildman–Crippen LogP) is 4.94. The summed E-state index contributed by atoms with van der Waals surface area (Å²) in [4.78, 5) is 8.67. The second-order valence-corrected chi connectivity index (χ2v) is 4.42. The third-order valence-corrected chi connectivity index (χ3v) is 2.71. The first-order valence-corrected chi connectivity index (χ1v) is 7.65. The second kappa shape index (κ2) is 13.4. The Morgan fingerprint density at radius 3 is 2.33 bits per heavy atom. The molecule has 0 fully saturated rings. The van der Waals surface area contributed by atoms with Gasteiger partial charge in [-0.15, -0.1) is 12.1 Å². The zero-order valence-electron chi connectivity index (χ0n) is 14.1. The van der Waals surface area contributed by atoms with E-state index in [0.29, 0.717) is 12.8 Å². The van der Waals surface area contributed by atoms with Gasteiger partial charge in [-0.3, -0.25) is 4.98 Å². The van der Waals surface area contributed by atoms with E-state index in [0.717, 1.165) is 16.7 Å². The third kappa shape index (κ3) is 8.59. The van der Waals surface area contributed by atoms with E-state index in [-0.39, 0.29) is 26.8 Å². The minimum absolute atomic E-state index is 0. The monoisotopic (exact) mass is 490 g/mol. The van der Waals surface area contributed by atoms with E-state index in [4.69, 9.17) is 5.11 Å². The van der Waals surface area contributed by atoms with Crippen LogP contribution in [0, 0.1) is 12.1 Å². The van der Waals surface area contributed by atoms with Crippen LogP contribution in [0.25, 0.3) is 11.0 Å². The van der Waals surface area contributed by atoms with Crippen LogP contribution in [-0.2, 0) is 27.5 Å². The number of hydrogen-bond donors (Lipinski definition) is 1. The van der Waals surface area contributed by atoms with Crippen LogP contribution in [0.4, 0.5) is 0 Å². The fourth-order valence-electron chi connectivity index (χ4n) is 1.67. The van der Waals surface area contributed by atoms with Crippen LogP contribution >= 0.6 is 0 Å². The van der Waals surface area contributed by atoms with Gasteiger partial charge in [-0.1, -0.05) is 20.4 Å². The van der Waals surface area contributed by atoms with Gasteiger partial charge in [0.05, 0.1) is 5.76 Å². The van der Waals surface area contributed by atoms with Crippen LogP contribution in [-0.4, -0.2) is 15.1 Å². The molecule has 0 unspecified atom stereocenters. The molecular weight excluding hydrogens is 468 g/mol. The molecule has 0 saturated heterocycles. The summed E-state index contributed by atoms with van der Waals surface area (Å²) >= 11 is 0. The molecule has 0 atom stereocenters. The molecule has 0 bridgehead atoms. The van der Waals surface area contributed by atoms with Crippen molar-refractivity contribution >= 4 is 11.0 Å². The van der Waals surface area contributed by atoms with Crippen molar-refractivity contribution in [2.75, 3.05) is 0 Å². The van der Waals surface area contributed by atoms with E-state index in [1.807, 2.05) is 56.3 Å². The van der Waals surface area contributed by atoms with E-state index in [2.05, 4.69) is 28.7 Å². The minimum Gasteiger partial charge on any atom is -0.513 e. The van der Waals surface area contributed by atoms with Crippen molar-refractivity contribution < 1.29 is 26.2 Å². The first kappa shape index (κ1) is 22.0. The van der Waals surface area contributed by atoms with Crippen LogP contribution in [0.1, 0.15) is 26.0 Å². The SMILES string of the molecule is C=C(O)CCc1cnc2cc[c-]cc2n1.CC.[W+2].[c-]1ccccc1. The maximum absolute atomic E-state index is 8.98. The molecule has 0 radical (unpaired) electrons. The van der Waals surface area contributed by atoms with E-state index >= 15 is 0 Å². The number of aromatic nitrogens is 2. The van der Waals surface area contributed by atoms with Gasteiger partial charge in [0.25, 0.3) is 0 Å². The molecule has 124 valence electrons. The summed E-state index contributed by atoms with van der Waals surface area (Å²) in [5, 5.41) is 8.98. The van der Waals surface area contributed by atoms with E-state index < -0.39 is 0 Å². The number of rotatable bonds is 3. The minimum atomic E-state index is 0. The Kier molecular flexibility index (Phi) is 12.3. The van der Waals surface area contributed by atoms with Gasteiger partial charge in [-0.05, 0) is 17.5 Å². The molecule has 1 aromatic heterocycles. The molecule has 1 N–H and O–H groups in total. The van der Waals surface area contributed by atoms with Crippen molar-refractivity contribution in [2.24, 2.45) is 0 Å². The quantitative estimate of drug-likeness (QED) is 0.418. The summed E-state index contributed by atoms with van der Waals surface area (Å²) in [6.45, 7) is 7.43. The molecule has 4 heteroatoms. The van der Waals surface area contributed by atoms with Crippen LogP contribution in [0.3, 0.4) is 0 Å². The summed E-state index contributed by atoms with van der Waals surface area (Å²) in [6, 6.07) is 20.9. The topological polar surface area (TPSA) is 46.0 Å². The van der Waals surface area contributed by atoms with Crippen LogP contribution in [0.15, 0.2) is 67.1 Å². The van der Waals surface area contributed by atoms with Crippen LogP contribution in [0.2, 0.25) is 0 Å². The molecule has 24 heavy (non-hydrogen) atoms. The smallest absolute Gasteiger partial charge is 0.513 e. The van der Waals surface area contributed by atoms with Gasteiger partial charge in [0.15, 0.2) is 0 Å². The maximum Gasteiger partial charge on any atom is 2.00 e. The summed E-state index contributed by atoms with van der Waals surface area (Å²) in [6.07, 6.45) is 2.91. The van der Waals surface area contributed by atoms with Crippen molar-refractivity contribution in [3.05, 3.63) is 84.9 Å². The molecule has 0 amide bonds. The molecule has 3 rings (SSSR count). The van der Waals surface area contributed by atoms with Gasteiger partial charge in [0, 0.05) is 18.3 Å². The van der Waals surface area contributed by atoms with Gasteiger partial charge in [0.2, 0.25) is 0 Å². The Balaban J connectivity index is 0.000000496. The Morgan fingerprint density at radius 1 is 1.08 bits per heavy atom. The van der Waals surface area contributed by atoms with E-state index in [1.54, 1.807) is 12.3 Å². The summed E-state index contributed by atoms with van der Waals surface area (Å²) in [5.41, 5.74) is 2.55. The molecular formula is C20H22N2OW. The normalized spacial score (nSPS) is 8.75. The number of aryl methyl sites for hydroxylation is 1. The Labute approximate surface area is 158 Å². The number of fused-ring (bicyclic) bond motifs is 1. The fraction of sp³-hybridized carbons (Fsp3) is 0.200. The number of nitrogens with zero attached hydrogens (tertiary/aromatic N) is 2. The second-order valence-electron chi connectivity index (χ2n) is 4.42. The van der Waals surface area contributed by atoms with Crippen molar-refractivity contribution in [2.45, 2.75) is 26.7 Å². The summed E-state index contributed by atoms with van der Waals surface area (Å²) < 4.78 is 0. The van der Waals surface area contributed by atoms with Crippen molar-refractivity contribution in [3.8, 4) is 0 Å². The third-order valence-electron chi connectivity index (χ3n) is 2.71. The molecule has 0 aliphatic rings. The first-order chi connectivity index (χ1) is 11.3. The molecule has 2 aromatic carbocycles. The standard InChI is InChI=1S/C12H11N2O.C6H5.C2H6.W/c1-9(15)6-7-10-8-13-11-4-2-3-5-12(11)14-10;1-2-4-6-5-3-1;1-2;/h2,4-5,8,15H,1,6-7H2;1-5H;1-2H3;/q2*-1;;+2. The van der Waals surface area contributed by atoms with Gasteiger partial charge in [0.1, 0.15) is 0 Å². The Morgan fingerprint density at radius 2 is 1.79 bits per heavy atom. The molecule has 3 aromatic rings. The molecule has 0 aliphatic carbocycles. The maximum atomic E-state index is 8.98. The molecule has 1 heterocycles. The fourth-order valence-corrected chi connectivity index (χ4v) is 1.67. The summed E-state index contributed by atoms with van der Waals surface area (Å²) in [7, 11) is 0. The van der Waals surface area contributed by atoms with Gasteiger partial charge in [-0.25, -0.2) is 0 Å². The molecule has 0 spiro atoms. The van der Waals surface area contributed by atoms with Crippen LogP contribution < -0.4 is 0 Å². The Hall–Kier alpha value is -1.99. The van der Waals surface area contributed by atoms with E-state index in [9.17, 15) is 0 Å². The van der Waals surface area contributed by atoms with Crippen LogP contribution in [0.5, 0.6) is 0 Å². The van der Waals surface area contributed by atoms with Gasteiger partial charge in [-0.2, -0.15) is 48.5 Å². The Bertz CT molecular complexity index is 675. The number of aliphatic hydroxyl groups is 1. The largest absolute Gasteiger partial charge is 2.00 e. The zero-order chi connectivity index (χ0) is 16.9. The van der Waals surface area contributed by atoms with Crippen molar-refractivity contribution in [1.29, 1.82) is 0 Å². The number of hydrogen-bond acceptors (Lipinski definition) is 3. The average molecular weight is 490 g/mol. The molecule has 3 nitrogen and oxygen atoms in total. The predicted molar refractivity (Wildman–Crippen MR) is 95.1 cm³/mol. The number of benzene rings is 2. The van der Waals surface area contributed by atoms with Gasteiger partial charge >= 0.3 is 21.1 Å². The average Bonchev–Trinajstić information content (AvgIpc) is 2.63. The molecule has 0 saturated carbocycles. The molecule has 0 aliphatic heterocycles. The number of allylic oxidation sites excluding steroid dienone is 1. The zero-order valence-corrected chi connectivity index (χ0v) is 17.0. The first-order valence-electron chi connectivity index (χ1n) is 7.65. The summed E-state index contributed by atoms with van der Waals surface area (Å²) in [5.74, 6) is 0.177. The van der Waals surface area contributed by atoms with E-state index in [1.165, 1.54) is 0 Å². The number of aliphatic hydroxyl groups excluding tert-OH is 1.